The number of para-hydroxylation sites is 2. The Kier molecular flexibility index (Phi) is 14.6. The predicted molar refractivity (Wildman–Crippen MR) is 206 cm³/mol. The van der Waals surface area contributed by atoms with E-state index in [-0.39, 0.29) is 17.9 Å². The second kappa shape index (κ2) is 19.7. The highest BCUT2D eigenvalue weighted by Gasteiger charge is 2.39. The van der Waals surface area contributed by atoms with Gasteiger partial charge in [-0.1, -0.05) is 138 Å². The molecule has 52 heavy (non-hydrogen) atoms. The van der Waals surface area contributed by atoms with Crippen molar-refractivity contribution in [1.82, 2.24) is 0 Å². The predicted octanol–water partition coefficient (Wildman–Crippen LogP) is 11.8. The molecule has 0 aliphatic carbocycles. The van der Waals surface area contributed by atoms with Crippen molar-refractivity contribution in [1.29, 1.82) is 0 Å². The van der Waals surface area contributed by atoms with Gasteiger partial charge in [0.15, 0.2) is 0 Å². The quantitative estimate of drug-likeness (QED) is 0.0649. The molecule has 0 saturated heterocycles. The van der Waals surface area contributed by atoms with Crippen molar-refractivity contribution in [3.8, 4) is 11.5 Å². The van der Waals surface area contributed by atoms with E-state index in [1.54, 1.807) is 55.5 Å². The summed E-state index contributed by atoms with van der Waals surface area (Å²) in [5, 5.41) is 31.8. The molecular weight excluding hydrogens is 675 g/mol. The molecule has 0 aromatic heterocycles. The van der Waals surface area contributed by atoms with Gasteiger partial charge >= 0.3 is 5.97 Å². The van der Waals surface area contributed by atoms with Crippen molar-refractivity contribution in [3.63, 3.8) is 0 Å². The van der Waals surface area contributed by atoms with Gasteiger partial charge in [0.1, 0.15) is 11.5 Å². The third-order valence-corrected chi connectivity index (χ3v) is 10.3. The summed E-state index contributed by atoms with van der Waals surface area (Å²) in [6.45, 7) is 4.79. The standard InChI is InChI=1S/C41H49N5O5S/c1-3-5-6-7-8-9-10-11-12-13-14-19-27-51-36-26-18-17-25-35(36)42-39(48)34-29-37(32-23-15-16-24-33(32)38(34)47)52-41(43-45-46-44-41)31-22-20-21-30(28-31)40(49)50-4-2/h15-18,20-26,28-29,47H,3-14,19,27H2,1-2H3,(H,42,48). The molecule has 4 aromatic carbocycles. The van der Waals surface area contributed by atoms with Crippen molar-refractivity contribution in [2.45, 2.75) is 101 Å². The molecule has 0 unspecified atom stereocenters. The Morgan fingerprint density at radius 3 is 2.08 bits per heavy atom. The zero-order valence-corrected chi connectivity index (χ0v) is 31.0. The van der Waals surface area contributed by atoms with Crippen molar-refractivity contribution in [2.75, 3.05) is 18.5 Å². The lowest BCUT2D eigenvalue weighted by molar-refractivity contribution is 0.0526. The van der Waals surface area contributed by atoms with Crippen LogP contribution in [0.2, 0.25) is 0 Å². The second-order valence-electron chi connectivity index (χ2n) is 12.9. The van der Waals surface area contributed by atoms with Crippen molar-refractivity contribution < 1.29 is 24.2 Å². The number of hydrogen-bond donors (Lipinski definition) is 2. The number of rotatable bonds is 21. The Morgan fingerprint density at radius 2 is 1.38 bits per heavy atom. The van der Waals surface area contributed by atoms with E-state index < -0.39 is 16.9 Å². The molecule has 274 valence electrons. The number of fused-ring (bicyclic) bond motifs is 1. The van der Waals surface area contributed by atoms with E-state index in [4.69, 9.17) is 9.47 Å². The van der Waals surface area contributed by atoms with Gasteiger partial charge in [0.25, 0.3) is 10.9 Å². The van der Waals surface area contributed by atoms with Crippen LogP contribution in [0.1, 0.15) is 117 Å². The summed E-state index contributed by atoms with van der Waals surface area (Å²) < 4.78 is 11.3. The van der Waals surface area contributed by atoms with Crippen LogP contribution >= 0.6 is 11.8 Å². The SMILES string of the molecule is CCCCCCCCCCCCCCOc1ccccc1NC(=O)c1cc(SC2(c3cccc(C(=O)OCC)c3)N=NN=N2)c2ccccc2c1O. The maximum absolute atomic E-state index is 13.9. The van der Waals surface area contributed by atoms with Crippen LogP contribution in [0.5, 0.6) is 11.5 Å². The molecule has 1 amide bonds. The van der Waals surface area contributed by atoms with E-state index in [1.807, 2.05) is 30.3 Å². The largest absolute Gasteiger partial charge is 0.506 e. The number of benzene rings is 4. The average Bonchev–Trinajstić information content (AvgIpc) is 3.65. The number of anilines is 1. The highest BCUT2D eigenvalue weighted by molar-refractivity contribution is 8.00. The van der Waals surface area contributed by atoms with Gasteiger partial charge < -0.3 is 19.9 Å². The highest BCUT2D eigenvalue weighted by Crippen LogP contribution is 2.50. The van der Waals surface area contributed by atoms with Gasteiger partial charge in [-0.25, -0.2) is 4.79 Å². The lowest BCUT2D eigenvalue weighted by Gasteiger charge is -2.22. The number of phenols is 1. The fourth-order valence-electron chi connectivity index (χ4n) is 6.21. The highest BCUT2D eigenvalue weighted by atomic mass is 32.2. The van der Waals surface area contributed by atoms with Crippen molar-refractivity contribution in [3.05, 3.63) is 95.6 Å². The van der Waals surface area contributed by atoms with Crippen LogP contribution in [-0.2, 0) is 9.73 Å². The Hall–Kier alpha value is -4.77. The van der Waals surface area contributed by atoms with Crippen LogP contribution in [0.3, 0.4) is 0 Å². The third kappa shape index (κ3) is 10.2. The molecule has 1 aliphatic rings. The number of unbranched alkanes of at least 4 members (excludes halogenated alkanes) is 11. The minimum Gasteiger partial charge on any atom is -0.506 e. The molecule has 1 heterocycles. The number of carbonyl (C=O) groups is 2. The fraction of sp³-hybridized carbons (Fsp3) is 0.415. The molecule has 4 aromatic rings. The molecular formula is C41H49N5O5S. The Bertz CT molecular complexity index is 1850. The molecule has 1 aliphatic heterocycles. The normalized spacial score (nSPS) is 13.0. The van der Waals surface area contributed by atoms with Crippen LogP contribution in [-0.4, -0.2) is 30.2 Å². The maximum Gasteiger partial charge on any atom is 0.338 e. The lowest BCUT2D eigenvalue weighted by atomic mass is 10.0. The zero-order valence-electron chi connectivity index (χ0n) is 30.2. The molecule has 5 rings (SSSR count). The lowest BCUT2D eigenvalue weighted by Crippen LogP contribution is -2.16. The molecule has 0 bridgehead atoms. The van der Waals surface area contributed by atoms with Crippen LogP contribution in [0.15, 0.2) is 104 Å². The number of ether oxygens (including phenoxy) is 2. The Morgan fingerprint density at radius 1 is 0.750 bits per heavy atom. The average molecular weight is 724 g/mol. The summed E-state index contributed by atoms with van der Waals surface area (Å²) in [5.41, 5.74) is 1.47. The van der Waals surface area contributed by atoms with Crippen LogP contribution in [0, 0.1) is 0 Å². The molecule has 0 atom stereocenters. The Labute approximate surface area is 310 Å². The van der Waals surface area contributed by atoms with Gasteiger partial charge in [0, 0.05) is 15.8 Å². The zero-order chi connectivity index (χ0) is 36.6. The minimum atomic E-state index is -1.37. The smallest absolute Gasteiger partial charge is 0.338 e. The fourth-order valence-corrected chi connectivity index (χ4v) is 7.38. The van der Waals surface area contributed by atoms with E-state index in [1.165, 1.54) is 76.0 Å². The molecule has 11 heteroatoms. The number of nitrogens with zero attached hydrogens (tertiary/aromatic N) is 4. The number of esters is 1. The van der Waals surface area contributed by atoms with Gasteiger partial charge in [-0.05, 0) is 59.5 Å². The summed E-state index contributed by atoms with van der Waals surface area (Å²) in [7, 11) is 0. The van der Waals surface area contributed by atoms with Gasteiger partial charge in [0.2, 0.25) is 0 Å². The summed E-state index contributed by atoms with van der Waals surface area (Å²) in [6, 6.07) is 23.0. The third-order valence-electron chi connectivity index (χ3n) is 9.02. The van der Waals surface area contributed by atoms with Crippen LogP contribution < -0.4 is 10.1 Å². The van der Waals surface area contributed by atoms with E-state index >= 15 is 0 Å². The van der Waals surface area contributed by atoms with E-state index in [2.05, 4.69) is 32.9 Å². The number of thioether (sulfide) groups is 1. The van der Waals surface area contributed by atoms with Crippen LogP contribution in [0.25, 0.3) is 10.8 Å². The molecule has 0 radical (unpaired) electrons. The minimum absolute atomic E-state index is 0.0688. The first kappa shape index (κ1) is 38.5. The molecule has 0 fully saturated rings. The second-order valence-corrected chi connectivity index (χ2v) is 14.1. The molecule has 10 nitrogen and oxygen atoms in total. The molecule has 0 saturated carbocycles. The molecule has 2 N–H and O–H groups in total. The summed E-state index contributed by atoms with van der Waals surface area (Å²) in [5.74, 6) is -0.551. The van der Waals surface area contributed by atoms with Crippen molar-refractivity contribution >= 4 is 40.1 Å². The number of nitrogens with one attached hydrogen (secondary N) is 1. The van der Waals surface area contributed by atoms with Crippen molar-refractivity contribution in [2.24, 2.45) is 20.7 Å². The first-order valence-electron chi connectivity index (χ1n) is 18.5. The van der Waals surface area contributed by atoms with Gasteiger partial charge in [-0.2, -0.15) is 0 Å². The maximum atomic E-state index is 13.9. The van der Waals surface area contributed by atoms with Gasteiger partial charge in [-0.15, -0.1) is 10.2 Å². The summed E-state index contributed by atoms with van der Waals surface area (Å²) in [6.07, 6.45) is 15.2. The topological polar surface area (TPSA) is 134 Å². The number of phenolic OH excluding ortho intramolecular Hbond substituents is 1. The molecule has 0 spiro atoms. The van der Waals surface area contributed by atoms with Gasteiger partial charge in [-0.3, -0.25) is 4.79 Å². The van der Waals surface area contributed by atoms with E-state index in [0.717, 1.165) is 12.8 Å². The van der Waals surface area contributed by atoms with Gasteiger partial charge in [0.05, 0.1) is 30.0 Å². The number of amides is 1. The van der Waals surface area contributed by atoms with E-state index in [9.17, 15) is 14.7 Å². The number of aromatic hydroxyl groups is 1. The monoisotopic (exact) mass is 723 g/mol. The Balaban J connectivity index is 1.25. The summed E-state index contributed by atoms with van der Waals surface area (Å²) >= 11 is 1.20. The number of carbonyl (C=O) groups excluding carboxylic acids is 2. The first-order valence-corrected chi connectivity index (χ1v) is 19.4. The van der Waals surface area contributed by atoms with Crippen LogP contribution in [0.4, 0.5) is 5.69 Å². The summed E-state index contributed by atoms with van der Waals surface area (Å²) in [4.78, 5) is 25.6. The van der Waals surface area contributed by atoms with E-state index in [0.29, 0.717) is 44.8 Å². The number of hydrogen-bond acceptors (Lipinski definition) is 10. The first-order chi connectivity index (χ1) is 25.5.